The highest BCUT2D eigenvalue weighted by Gasteiger charge is 2.37. The van der Waals surface area contributed by atoms with Gasteiger partial charge in [0.1, 0.15) is 0 Å². The Morgan fingerprint density at radius 1 is 1.36 bits per heavy atom. The van der Waals surface area contributed by atoms with Gasteiger partial charge < -0.3 is 4.98 Å². The minimum Gasteiger partial charge on any atom is -0.349 e. The van der Waals surface area contributed by atoms with E-state index in [2.05, 4.69) is 54.3 Å². The third-order valence-electron chi connectivity index (χ3n) is 5.21. The molecule has 2 aromatic rings. The molecule has 0 spiro atoms. The lowest BCUT2D eigenvalue weighted by molar-refractivity contribution is 0.181. The average molecular weight is 312 g/mol. The lowest BCUT2D eigenvalue weighted by Crippen LogP contribution is -2.46. The van der Waals surface area contributed by atoms with Gasteiger partial charge in [0.15, 0.2) is 0 Å². The Balaban J connectivity index is 1.91. The van der Waals surface area contributed by atoms with Crippen molar-refractivity contribution in [1.82, 2.24) is 9.88 Å². The van der Waals surface area contributed by atoms with Crippen molar-refractivity contribution in [2.75, 3.05) is 19.3 Å². The summed E-state index contributed by atoms with van der Waals surface area (Å²) in [6.45, 7) is 6.93. The van der Waals surface area contributed by atoms with E-state index in [9.17, 15) is 0 Å². The van der Waals surface area contributed by atoms with Crippen LogP contribution in [0.1, 0.15) is 37.3 Å². The van der Waals surface area contributed by atoms with Crippen LogP contribution in [0.3, 0.4) is 0 Å². The Hall–Kier alpha value is -1.19. The molecule has 2 nitrogen and oxygen atoms in total. The van der Waals surface area contributed by atoms with Gasteiger partial charge in [-0.25, -0.2) is 0 Å². The molecule has 0 bridgehead atoms. The number of hydrogen-bond acceptors (Lipinski definition) is 2. The summed E-state index contributed by atoms with van der Waals surface area (Å²) in [6, 6.07) is 7.42. The van der Waals surface area contributed by atoms with Crippen molar-refractivity contribution in [1.29, 1.82) is 0 Å². The number of hydrogen-bond donors (Lipinski definition) is 1. The molecule has 0 amide bonds. The van der Waals surface area contributed by atoms with Crippen molar-refractivity contribution in [3.63, 3.8) is 0 Å². The molecule has 2 heterocycles. The number of thioether (sulfide) groups is 1. The smallest absolute Gasteiger partial charge is 0.0763 e. The van der Waals surface area contributed by atoms with Gasteiger partial charge in [-0.3, -0.25) is 4.90 Å². The lowest BCUT2D eigenvalue weighted by atomic mass is 9.76. The Morgan fingerprint density at radius 3 is 3.00 bits per heavy atom. The lowest BCUT2D eigenvalue weighted by Gasteiger charge is -2.43. The van der Waals surface area contributed by atoms with Gasteiger partial charge in [-0.1, -0.05) is 30.7 Å². The second-order valence-electron chi connectivity index (χ2n) is 6.69. The molecule has 4 rings (SSSR count). The first-order valence-corrected chi connectivity index (χ1v) is 9.54. The fourth-order valence-electron chi connectivity index (χ4n) is 4.40. The number of rotatable bonds is 3. The fourth-order valence-corrected chi connectivity index (χ4v) is 5.04. The summed E-state index contributed by atoms with van der Waals surface area (Å²) >= 11 is 1.85. The largest absolute Gasteiger partial charge is 0.349 e. The van der Waals surface area contributed by atoms with Crippen LogP contribution in [0, 0.1) is 0 Å². The summed E-state index contributed by atoms with van der Waals surface area (Å²) in [6.07, 6.45) is 7.12. The molecule has 0 saturated heterocycles. The van der Waals surface area contributed by atoms with E-state index in [-0.39, 0.29) is 0 Å². The summed E-state index contributed by atoms with van der Waals surface area (Å²) in [5.74, 6) is 0.557. The first-order chi connectivity index (χ1) is 10.7. The Kier molecular flexibility index (Phi) is 3.58. The third-order valence-corrected chi connectivity index (χ3v) is 5.96. The topological polar surface area (TPSA) is 19.0 Å². The Morgan fingerprint density at radius 2 is 2.23 bits per heavy atom. The van der Waals surface area contributed by atoms with Crippen LogP contribution >= 0.6 is 11.8 Å². The van der Waals surface area contributed by atoms with Crippen LogP contribution in [0.5, 0.6) is 0 Å². The Labute approximate surface area is 137 Å². The van der Waals surface area contributed by atoms with Crippen LogP contribution in [0.15, 0.2) is 34.9 Å². The summed E-state index contributed by atoms with van der Waals surface area (Å²) in [4.78, 5) is 6.34. The zero-order valence-electron chi connectivity index (χ0n) is 13.6. The third kappa shape index (κ3) is 2.06. The summed E-state index contributed by atoms with van der Waals surface area (Å²) in [5, 5.41) is 2.86. The maximum absolute atomic E-state index is 3.64. The highest BCUT2D eigenvalue weighted by molar-refractivity contribution is 7.98. The molecule has 2 aliphatic rings. The number of aromatic amines is 1. The number of nitrogens with zero attached hydrogens (tertiary/aromatic N) is 1. The van der Waals surface area contributed by atoms with Crippen LogP contribution in [0.4, 0.5) is 0 Å². The molecule has 22 heavy (non-hydrogen) atoms. The van der Waals surface area contributed by atoms with E-state index in [1.54, 1.807) is 5.56 Å². The van der Waals surface area contributed by atoms with Crippen LogP contribution in [-0.4, -0.2) is 35.3 Å². The summed E-state index contributed by atoms with van der Waals surface area (Å²) in [5.41, 5.74) is 5.92. The van der Waals surface area contributed by atoms with Gasteiger partial charge in [-0.05, 0) is 49.8 Å². The minimum absolute atomic E-state index is 0.557. The van der Waals surface area contributed by atoms with Crippen LogP contribution in [0.25, 0.3) is 10.9 Å². The van der Waals surface area contributed by atoms with E-state index in [1.165, 1.54) is 46.5 Å². The van der Waals surface area contributed by atoms with E-state index < -0.39 is 0 Å². The summed E-state index contributed by atoms with van der Waals surface area (Å²) < 4.78 is 0. The SMILES string of the molecule is CCCN1CC(C)=C[C@@H]2c3cccc4[nH]c(SC)c(c34)C[C@H]21. The van der Waals surface area contributed by atoms with E-state index in [0.717, 1.165) is 6.54 Å². The van der Waals surface area contributed by atoms with E-state index >= 15 is 0 Å². The predicted octanol–water partition coefficient (Wildman–Crippen LogP) is 4.57. The van der Waals surface area contributed by atoms with Crippen LogP contribution in [-0.2, 0) is 6.42 Å². The van der Waals surface area contributed by atoms with Gasteiger partial charge in [0, 0.05) is 29.4 Å². The predicted molar refractivity (Wildman–Crippen MR) is 95.9 cm³/mol. The second kappa shape index (κ2) is 5.47. The average Bonchev–Trinajstić information content (AvgIpc) is 2.88. The van der Waals surface area contributed by atoms with Crippen molar-refractivity contribution in [2.45, 2.75) is 43.7 Å². The van der Waals surface area contributed by atoms with Crippen molar-refractivity contribution < 1.29 is 0 Å². The molecule has 2 atom stereocenters. The monoisotopic (exact) mass is 312 g/mol. The molecule has 0 unspecified atom stereocenters. The van der Waals surface area contributed by atoms with Gasteiger partial charge in [0.2, 0.25) is 0 Å². The first-order valence-electron chi connectivity index (χ1n) is 8.31. The van der Waals surface area contributed by atoms with Crippen molar-refractivity contribution in [3.05, 3.63) is 41.0 Å². The van der Waals surface area contributed by atoms with Crippen LogP contribution < -0.4 is 0 Å². The van der Waals surface area contributed by atoms with Gasteiger partial charge in [0.05, 0.1) is 5.03 Å². The molecule has 116 valence electrons. The van der Waals surface area contributed by atoms with Crippen molar-refractivity contribution in [2.24, 2.45) is 0 Å². The van der Waals surface area contributed by atoms with E-state index in [4.69, 9.17) is 0 Å². The quantitative estimate of drug-likeness (QED) is 0.661. The van der Waals surface area contributed by atoms with Gasteiger partial charge in [-0.2, -0.15) is 0 Å². The van der Waals surface area contributed by atoms with Crippen molar-refractivity contribution >= 4 is 22.7 Å². The molecule has 1 aliphatic carbocycles. The van der Waals surface area contributed by atoms with E-state index in [0.29, 0.717) is 12.0 Å². The standard InChI is InChI=1S/C19H24N2S/c1-4-8-21-11-12(2)9-14-13-6-5-7-16-18(13)15(10-17(14)21)19(20-16)22-3/h5-7,9,14,17,20H,4,8,10-11H2,1-3H3/t14-,17-/m1/s1. The molecule has 1 aromatic heterocycles. The molecule has 1 N–H and O–H groups in total. The normalized spacial score (nSPS) is 24.4. The number of aromatic nitrogens is 1. The summed E-state index contributed by atoms with van der Waals surface area (Å²) in [7, 11) is 0. The van der Waals surface area contributed by atoms with Gasteiger partial charge in [-0.15, -0.1) is 11.8 Å². The fraction of sp³-hybridized carbons (Fsp3) is 0.474. The number of H-pyrrole nitrogens is 1. The second-order valence-corrected chi connectivity index (χ2v) is 7.50. The minimum atomic E-state index is 0.557. The van der Waals surface area contributed by atoms with Crippen molar-refractivity contribution in [3.8, 4) is 0 Å². The molecule has 0 fully saturated rings. The zero-order valence-corrected chi connectivity index (χ0v) is 14.5. The highest BCUT2D eigenvalue weighted by atomic mass is 32.2. The molecular weight excluding hydrogens is 288 g/mol. The van der Waals surface area contributed by atoms with Gasteiger partial charge in [0.25, 0.3) is 0 Å². The highest BCUT2D eigenvalue weighted by Crippen LogP contribution is 2.44. The number of benzene rings is 1. The molecule has 1 aliphatic heterocycles. The molecule has 0 saturated carbocycles. The molecule has 3 heteroatoms. The first kappa shape index (κ1) is 14.4. The maximum Gasteiger partial charge on any atom is 0.0763 e. The number of nitrogens with one attached hydrogen (secondary N) is 1. The van der Waals surface area contributed by atoms with Crippen LogP contribution in [0.2, 0.25) is 0 Å². The van der Waals surface area contributed by atoms with Gasteiger partial charge >= 0.3 is 0 Å². The number of fused-ring (bicyclic) bond motifs is 2. The van der Waals surface area contributed by atoms with E-state index in [1.807, 2.05) is 11.8 Å². The molecule has 1 aromatic carbocycles. The maximum atomic E-state index is 3.64. The molecular formula is C19H24N2S. The zero-order chi connectivity index (χ0) is 15.3. The Bertz CT molecular complexity index is 743. The molecule has 0 radical (unpaired) electrons.